The Hall–Kier alpha value is -1.75. The summed E-state index contributed by atoms with van der Waals surface area (Å²) in [6.07, 6.45) is 0.896. The number of halogens is 1. The van der Waals surface area contributed by atoms with Crippen LogP contribution < -0.4 is 10.1 Å². The molecule has 0 aliphatic heterocycles. The Balaban J connectivity index is 2.24. The minimum atomic E-state index is -0.218. The average Bonchev–Trinajstić information content (AvgIpc) is 2.45. The van der Waals surface area contributed by atoms with Crippen molar-refractivity contribution < 1.29 is 14.3 Å². The lowest BCUT2D eigenvalue weighted by Crippen LogP contribution is -2.39. The third-order valence-corrected chi connectivity index (χ3v) is 3.08. The molecule has 0 heterocycles. The number of benzene rings is 1. The van der Waals surface area contributed by atoms with E-state index < -0.39 is 0 Å². The molecule has 1 N–H and O–H groups in total. The first-order chi connectivity index (χ1) is 10.0. The minimum Gasteiger partial charge on any atom is -0.484 e. The average molecular weight is 313 g/mol. The van der Waals surface area contributed by atoms with Crippen LogP contribution in [0.3, 0.4) is 0 Å². The highest BCUT2D eigenvalue weighted by Crippen LogP contribution is 2.15. The van der Waals surface area contributed by atoms with Crippen LogP contribution in [0.4, 0.5) is 0 Å². The van der Waals surface area contributed by atoms with Crippen LogP contribution in [0.25, 0.3) is 0 Å². The third-order valence-electron chi connectivity index (χ3n) is 2.83. The van der Waals surface area contributed by atoms with Crippen LogP contribution in [-0.4, -0.2) is 43.0 Å². The molecule has 21 heavy (non-hydrogen) atoms. The third kappa shape index (κ3) is 6.99. The number of carbonyl (C=O) groups is 2. The quantitative estimate of drug-likeness (QED) is 0.799. The van der Waals surface area contributed by atoms with Crippen molar-refractivity contribution in [2.24, 2.45) is 0 Å². The van der Waals surface area contributed by atoms with E-state index in [1.165, 1.54) is 6.92 Å². The van der Waals surface area contributed by atoms with Gasteiger partial charge in [0, 0.05) is 31.6 Å². The number of hydrogen-bond donors (Lipinski definition) is 1. The minimum absolute atomic E-state index is 0.0171. The number of nitrogens with zero attached hydrogens (tertiary/aromatic N) is 1. The van der Waals surface area contributed by atoms with Crippen molar-refractivity contribution >= 4 is 23.4 Å². The van der Waals surface area contributed by atoms with Crippen molar-refractivity contribution in [3.63, 3.8) is 0 Å². The highest BCUT2D eigenvalue weighted by Gasteiger charge is 2.08. The van der Waals surface area contributed by atoms with Crippen LogP contribution in [-0.2, 0) is 9.59 Å². The smallest absolute Gasteiger partial charge is 0.258 e. The number of carbonyl (C=O) groups excluding carboxylic acids is 2. The molecule has 1 rings (SSSR count). The number of hydrogen-bond acceptors (Lipinski definition) is 3. The maximum Gasteiger partial charge on any atom is 0.258 e. The standard InChI is InChI=1S/C15H21ClN2O3/c1-3-9-18(12(2)19)10-8-17-15(20)11-21-14-6-4-13(16)5-7-14/h4-7H,3,8-11H2,1-2H3,(H,17,20). The molecule has 0 bridgehead atoms. The van der Waals surface area contributed by atoms with Gasteiger partial charge < -0.3 is 15.0 Å². The zero-order chi connectivity index (χ0) is 15.7. The van der Waals surface area contributed by atoms with Crippen LogP contribution in [0.1, 0.15) is 20.3 Å². The van der Waals surface area contributed by atoms with Gasteiger partial charge >= 0.3 is 0 Å². The summed E-state index contributed by atoms with van der Waals surface area (Å²) in [4.78, 5) is 24.7. The molecular formula is C15H21ClN2O3. The van der Waals surface area contributed by atoms with Crippen LogP contribution in [0.15, 0.2) is 24.3 Å². The molecule has 5 nitrogen and oxygen atoms in total. The van der Waals surface area contributed by atoms with Crippen molar-refractivity contribution in [3.8, 4) is 5.75 Å². The first-order valence-corrected chi connectivity index (χ1v) is 7.31. The van der Waals surface area contributed by atoms with Gasteiger partial charge in [0.05, 0.1) is 0 Å². The fourth-order valence-corrected chi connectivity index (χ4v) is 1.88. The van der Waals surface area contributed by atoms with Crippen molar-refractivity contribution in [2.75, 3.05) is 26.2 Å². The van der Waals surface area contributed by atoms with Gasteiger partial charge in [-0.25, -0.2) is 0 Å². The van der Waals surface area contributed by atoms with E-state index in [0.717, 1.165) is 6.42 Å². The van der Waals surface area contributed by atoms with E-state index in [1.54, 1.807) is 29.2 Å². The monoisotopic (exact) mass is 312 g/mol. The van der Waals surface area contributed by atoms with Crippen LogP contribution in [0, 0.1) is 0 Å². The molecule has 2 amide bonds. The van der Waals surface area contributed by atoms with E-state index in [-0.39, 0.29) is 18.4 Å². The van der Waals surface area contributed by atoms with E-state index >= 15 is 0 Å². The predicted molar refractivity (Wildman–Crippen MR) is 82.5 cm³/mol. The summed E-state index contributed by atoms with van der Waals surface area (Å²) < 4.78 is 5.32. The molecule has 0 fully saturated rings. The van der Waals surface area contributed by atoms with Crippen LogP contribution >= 0.6 is 11.6 Å². The molecule has 116 valence electrons. The SMILES string of the molecule is CCCN(CCNC(=O)COc1ccc(Cl)cc1)C(C)=O. The van der Waals surface area contributed by atoms with Gasteiger partial charge in [-0.1, -0.05) is 18.5 Å². The van der Waals surface area contributed by atoms with Gasteiger partial charge in [-0.15, -0.1) is 0 Å². The van der Waals surface area contributed by atoms with Gasteiger partial charge in [0.2, 0.25) is 5.91 Å². The number of rotatable bonds is 8. The van der Waals surface area contributed by atoms with E-state index in [4.69, 9.17) is 16.3 Å². The Bertz CT molecular complexity index is 462. The molecule has 0 unspecified atom stereocenters. The fourth-order valence-electron chi connectivity index (χ4n) is 1.76. The van der Waals surface area contributed by atoms with Crippen molar-refractivity contribution in [3.05, 3.63) is 29.3 Å². The largest absolute Gasteiger partial charge is 0.484 e. The first kappa shape index (κ1) is 17.3. The molecular weight excluding hydrogens is 292 g/mol. The molecule has 6 heteroatoms. The molecule has 1 aromatic rings. The Morgan fingerprint density at radius 3 is 2.48 bits per heavy atom. The van der Waals surface area contributed by atoms with Crippen LogP contribution in [0.2, 0.25) is 5.02 Å². The summed E-state index contributed by atoms with van der Waals surface area (Å²) in [6.45, 7) is 5.11. The lowest BCUT2D eigenvalue weighted by molar-refractivity contribution is -0.129. The number of ether oxygens (including phenoxy) is 1. The fraction of sp³-hybridized carbons (Fsp3) is 0.467. The Morgan fingerprint density at radius 2 is 1.90 bits per heavy atom. The molecule has 0 saturated heterocycles. The van der Waals surface area contributed by atoms with Gasteiger partial charge in [0.15, 0.2) is 6.61 Å². The molecule has 1 aromatic carbocycles. The van der Waals surface area contributed by atoms with Crippen molar-refractivity contribution in [1.82, 2.24) is 10.2 Å². The Morgan fingerprint density at radius 1 is 1.24 bits per heavy atom. The van der Waals surface area contributed by atoms with Gasteiger partial charge in [-0.2, -0.15) is 0 Å². The summed E-state index contributed by atoms with van der Waals surface area (Å²) in [5.41, 5.74) is 0. The summed E-state index contributed by atoms with van der Waals surface area (Å²) in [7, 11) is 0. The zero-order valence-corrected chi connectivity index (χ0v) is 13.2. The highest BCUT2D eigenvalue weighted by atomic mass is 35.5. The predicted octanol–water partition coefficient (Wildman–Crippen LogP) is 2.09. The van der Waals surface area contributed by atoms with E-state index in [1.807, 2.05) is 6.92 Å². The second-order valence-electron chi connectivity index (χ2n) is 4.60. The maximum atomic E-state index is 11.6. The zero-order valence-electron chi connectivity index (χ0n) is 12.4. The van der Waals surface area contributed by atoms with Gasteiger partial charge in [0.1, 0.15) is 5.75 Å². The molecule has 0 aliphatic carbocycles. The van der Waals surface area contributed by atoms with Gasteiger partial charge in [-0.05, 0) is 30.7 Å². The molecule has 0 aromatic heterocycles. The van der Waals surface area contributed by atoms with E-state index in [2.05, 4.69) is 5.32 Å². The molecule has 0 aliphatic rings. The summed E-state index contributed by atoms with van der Waals surface area (Å²) in [5.74, 6) is 0.388. The van der Waals surface area contributed by atoms with E-state index in [0.29, 0.717) is 30.4 Å². The number of nitrogens with one attached hydrogen (secondary N) is 1. The highest BCUT2D eigenvalue weighted by molar-refractivity contribution is 6.30. The topological polar surface area (TPSA) is 58.6 Å². The normalized spacial score (nSPS) is 10.0. The first-order valence-electron chi connectivity index (χ1n) is 6.93. The molecule has 0 spiro atoms. The van der Waals surface area contributed by atoms with Crippen molar-refractivity contribution in [2.45, 2.75) is 20.3 Å². The van der Waals surface area contributed by atoms with Gasteiger partial charge in [0.25, 0.3) is 5.91 Å². The summed E-state index contributed by atoms with van der Waals surface area (Å²) in [5, 5.41) is 3.34. The molecule has 0 atom stereocenters. The van der Waals surface area contributed by atoms with Gasteiger partial charge in [-0.3, -0.25) is 9.59 Å². The Kier molecular flexibility index (Phi) is 7.61. The summed E-state index contributed by atoms with van der Waals surface area (Å²) >= 11 is 5.76. The second kappa shape index (κ2) is 9.23. The molecule has 0 saturated carbocycles. The Labute approximate surface area is 130 Å². The lowest BCUT2D eigenvalue weighted by atomic mass is 10.3. The maximum absolute atomic E-state index is 11.6. The second-order valence-corrected chi connectivity index (χ2v) is 5.04. The number of amides is 2. The molecule has 0 radical (unpaired) electrons. The van der Waals surface area contributed by atoms with E-state index in [9.17, 15) is 9.59 Å². The van der Waals surface area contributed by atoms with Crippen molar-refractivity contribution in [1.29, 1.82) is 0 Å². The summed E-state index contributed by atoms with van der Waals surface area (Å²) in [6, 6.07) is 6.80. The van der Waals surface area contributed by atoms with Crippen LogP contribution in [0.5, 0.6) is 5.75 Å². The lowest BCUT2D eigenvalue weighted by Gasteiger charge is -2.20.